The summed E-state index contributed by atoms with van der Waals surface area (Å²) in [5.74, 6) is 0.984. The summed E-state index contributed by atoms with van der Waals surface area (Å²) in [7, 11) is 1.66. The van der Waals surface area contributed by atoms with Crippen molar-refractivity contribution >= 4 is 27.9 Å². The topological polar surface area (TPSA) is 26.3 Å². The number of hydrogen-bond acceptors (Lipinski definition) is 3. The zero-order chi connectivity index (χ0) is 14.8. The standard InChI is InChI=1S/C18H16O2S/c1-12-6-9-18(21-12)17(19)10-14-5-3-4-13-7-8-15(20-2)11-16(13)14/h3-9,11H,10H2,1-2H3. The van der Waals surface area contributed by atoms with E-state index in [1.165, 1.54) is 0 Å². The molecule has 0 spiro atoms. The van der Waals surface area contributed by atoms with Gasteiger partial charge in [-0.2, -0.15) is 0 Å². The molecule has 0 aliphatic rings. The number of rotatable bonds is 4. The first kappa shape index (κ1) is 13.8. The second-order valence-electron chi connectivity index (χ2n) is 5.01. The molecule has 0 radical (unpaired) electrons. The predicted octanol–water partition coefficient (Wildman–Crippen LogP) is 4.64. The van der Waals surface area contributed by atoms with Crippen LogP contribution in [0.1, 0.15) is 20.1 Å². The van der Waals surface area contributed by atoms with Crippen molar-refractivity contribution in [2.75, 3.05) is 7.11 Å². The van der Waals surface area contributed by atoms with Gasteiger partial charge in [-0.1, -0.05) is 24.3 Å². The average Bonchev–Trinajstić information content (AvgIpc) is 2.94. The number of thiophene rings is 1. The Kier molecular flexibility index (Phi) is 3.76. The summed E-state index contributed by atoms with van der Waals surface area (Å²) in [5, 5.41) is 2.21. The molecule has 1 heterocycles. The van der Waals surface area contributed by atoms with Crippen LogP contribution in [0.25, 0.3) is 10.8 Å². The van der Waals surface area contributed by atoms with Crippen molar-refractivity contribution in [3.63, 3.8) is 0 Å². The van der Waals surface area contributed by atoms with E-state index in [-0.39, 0.29) is 5.78 Å². The molecule has 3 rings (SSSR count). The molecule has 0 atom stereocenters. The quantitative estimate of drug-likeness (QED) is 0.655. The van der Waals surface area contributed by atoms with Gasteiger partial charge in [0, 0.05) is 11.3 Å². The van der Waals surface area contributed by atoms with E-state index < -0.39 is 0 Å². The molecule has 0 amide bonds. The van der Waals surface area contributed by atoms with Gasteiger partial charge in [0.1, 0.15) is 5.75 Å². The van der Waals surface area contributed by atoms with Gasteiger partial charge in [-0.3, -0.25) is 4.79 Å². The molecule has 0 N–H and O–H groups in total. The van der Waals surface area contributed by atoms with Crippen LogP contribution in [0.15, 0.2) is 48.5 Å². The number of Topliss-reactive ketones (excluding diaryl/α,β-unsaturated/α-hetero) is 1. The van der Waals surface area contributed by atoms with Gasteiger partial charge in [0.05, 0.1) is 12.0 Å². The molecule has 21 heavy (non-hydrogen) atoms. The van der Waals surface area contributed by atoms with Crippen molar-refractivity contribution < 1.29 is 9.53 Å². The van der Waals surface area contributed by atoms with E-state index in [0.29, 0.717) is 6.42 Å². The Morgan fingerprint density at radius 1 is 1.14 bits per heavy atom. The fraction of sp³-hybridized carbons (Fsp3) is 0.167. The highest BCUT2D eigenvalue weighted by Gasteiger charge is 2.11. The number of carbonyl (C=O) groups is 1. The van der Waals surface area contributed by atoms with E-state index in [1.54, 1.807) is 18.4 Å². The second kappa shape index (κ2) is 5.70. The molecule has 106 valence electrons. The van der Waals surface area contributed by atoms with Crippen LogP contribution in [0.2, 0.25) is 0 Å². The number of benzene rings is 2. The molecular weight excluding hydrogens is 280 g/mol. The molecule has 0 saturated carbocycles. The molecule has 0 bridgehead atoms. The molecule has 1 aromatic heterocycles. The smallest absolute Gasteiger partial charge is 0.177 e. The molecule has 0 aliphatic heterocycles. The third-order valence-electron chi connectivity index (χ3n) is 3.55. The number of ketones is 1. The summed E-state index contributed by atoms with van der Waals surface area (Å²) in [6.45, 7) is 2.02. The van der Waals surface area contributed by atoms with Crippen LogP contribution < -0.4 is 4.74 Å². The number of hydrogen-bond donors (Lipinski definition) is 0. The van der Waals surface area contributed by atoms with Gasteiger partial charge in [0.2, 0.25) is 0 Å². The SMILES string of the molecule is COc1ccc2cccc(CC(=O)c3ccc(C)s3)c2c1. The largest absolute Gasteiger partial charge is 0.497 e. The van der Waals surface area contributed by atoms with Crippen LogP contribution in [-0.2, 0) is 6.42 Å². The molecular formula is C18H16O2S. The molecule has 2 aromatic carbocycles. The Hall–Kier alpha value is -2.13. The van der Waals surface area contributed by atoms with Crippen molar-refractivity contribution in [2.24, 2.45) is 0 Å². The third-order valence-corrected chi connectivity index (χ3v) is 4.59. The van der Waals surface area contributed by atoms with E-state index in [1.807, 2.05) is 49.4 Å². The van der Waals surface area contributed by atoms with E-state index in [2.05, 4.69) is 6.07 Å². The van der Waals surface area contributed by atoms with Gasteiger partial charge >= 0.3 is 0 Å². The van der Waals surface area contributed by atoms with Gasteiger partial charge in [-0.15, -0.1) is 11.3 Å². The lowest BCUT2D eigenvalue weighted by atomic mass is 10.00. The van der Waals surface area contributed by atoms with Gasteiger partial charge in [-0.05, 0) is 47.5 Å². The van der Waals surface area contributed by atoms with Crippen LogP contribution in [0.4, 0.5) is 0 Å². The summed E-state index contributed by atoms with van der Waals surface area (Å²) in [6.07, 6.45) is 0.421. The van der Waals surface area contributed by atoms with Crippen LogP contribution in [0.3, 0.4) is 0 Å². The third kappa shape index (κ3) is 2.83. The summed E-state index contributed by atoms with van der Waals surface area (Å²) in [6, 6.07) is 15.9. The second-order valence-corrected chi connectivity index (χ2v) is 6.30. The highest BCUT2D eigenvalue weighted by atomic mass is 32.1. The van der Waals surface area contributed by atoms with Crippen LogP contribution >= 0.6 is 11.3 Å². The van der Waals surface area contributed by atoms with Crippen LogP contribution in [0, 0.1) is 6.92 Å². The molecule has 3 aromatic rings. The maximum Gasteiger partial charge on any atom is 0.177 e. The fourth-order valence-corrected chi connectivity index (χ4v) is 3.25. The molecule has 0 saturated heterocycles. The number of ether oxygens (including phenoxy) is 1. The summed E-state index contributed by atoms with van der Waals surface area (Å²) in [4.78, 5) is 14.4. The highest BCUT2D eigenvalue weighted by Crippen LogP contribution is 2.26. The average molecular weight is 296 g/mol. The van der Waals surface area contributed by atoms with E-state index >= 15 is 0 Å². The highest BCUT2D eigenvalue weighted by molar-refractivity contribution is 7.14. The Morgan fingerprint density at radius 2 is 2.00 bits per heavy atom. The summed E-state index contributed by atoms with van der Waals surface area (Å²) in [5.41, 5.74) is 1.04. The first-order valence-electron chi connectivity index (χ1n) is 6.82. The van der Waals surface area contributed by atoms with Crippen molar-refractivity contribution in [1.82, 2.24) is 0 Å². The van der Waals surface area contributed by atoms with Crippen molar-refractivity contribution in [1.29, 1.82) is 0 Å². The molecule has 0 fully saturated rings. The normalized spacial score (nSPS) is 10.8. The number of aryl methyl sites for hydroxylation is 1. The Balaban J connectivity index is 1.98. The summed E-state index contributed by atoms with van der Waals surface area (Å²) < 4.78 is 5.29. The van der Waals surface area contributed by atoms with Crippen LogP contribution in [-0.4, -0.2) is 12.9 Å². The monoisotopic (exact) mass is 296 g/mol. The number of carbonyl (C=O) groups excluding carboxylic acids is 1. The van der Waals surface area contributed by atoms with E-state index in [9.17, 15) is 4.79 Å². The van der Waals surface area contributed by atoms with Gasteiger partial charge < -0.3 is 4.74 Å². The minimum absolute atomic E-state index is 0.170. The maximum absolute atomic E-state index is 12.4. The molecule has 0 unspecified atom stereocenters. The van der Waals surface area contributed by atoms with Crippen molar-refractivity contribution in [2.45, 2.75) is 13.3 Å². The molecule has 2 nitrogen and oxygen atoms in total. The Bertz CT molecular complexity index is 802. The van der Waals surface area contributed by atoms with Gasteiger partial charge in [0.15, 0.2) is 5.78 Å². The number of methoxy groups -OCH3 is 1. The first-order chi connectivity index (χ1) is 10.2. The molecule has 3 heteroatoms. The Morgan fingerprint density at radius 3 is 2.71 bits per heavy atom. The van der Waals surface area contributed by atoms with Gasteiger partial charge in [-0.25, -0.2) is 0 Å². The zero-order valence-electron chi connectivity index (χ0n) is 12.1. The maximum atomic E-state index is 12.4. The first-order valence-corrected chi connectivity index (χ1v) is 7.64. The minimum atomic E-state index is 0.170. The lowest BCUT2D eigenvalue weighted by Gasteiger charge is -2.07. The van der Waals surface area contributed by atoms with Gasteiger partial charge in [0.25, 0.3) is 0 Å². The lowest BCUT2D eigenvalue weighted by Crippen LogP contribution is -2.01. The van der Waals surface area contributed by atoms with Crippen molar-refractivity contribution in [3.8, 4) is 5.75 Å². The molecule has 0 aliphatic carbocycles. The fourth-order valence-electron chi connectivity index (χ4n) is 2.44. The van der Waals surface area contributed by atoms with Crippen molar-refractivity contribution in [3.05, 3.63) is 63.8 Å². The van der Waals surface area contributed by atoms with Crippen LogP contribution in [0.5, 0.6) is 5.75 Å². The summed E-state index contributed by atoms with van der Waals surface area (Å²) >= 11 is 1.55. The minimum Gasteiger partial charge on any atom is -0.497 e. The van der Waals surface area contributed by atoms with E-state index in [4.69, 9.17) is 4.74 Å². The predicted molar refractivity (Wildman–Crippen MR) is 87.6 cm³/mol. The Labute approximate surface area is 128 Å². The van der Waals surface area contributed by atoms with E-state index in [0.717, 1.165) is 31.8 Å². The zero-order valence-corrected chi connectivity index (χ0v) is 12.9. The number of fused-ring (bicyclic) bond motifs is 1. The lowest BCUT2D eigenvalue weighted by molar-refractivity contribution is 0.0997.